The summed E-state index contributed by atoms with van der Waals surface area (Å²) < 4.78 is 8.42. The van der Waals surface area contributed by atoms with Crippen LogP contribution < -0.4 is 10.9 Å². The number of nitrogens with one attached hydrogen (secondary N) is 1. The Bertz CT molecular complexity index is 1190. The normalized spacial score (nSPS) is 11.2. The lowest BCUT2D eigenvalue weighted by Crippen LogP contribution is -2.18. The van der Waals surface area contributed by atoms with Gasteiger partial charge in [-0.25, -0.2) is 4.98 Å². The Morgan fingerprint density at radius 3 is 2.71 bits per heavy atom. The molecule has 0 spiro atoms. The van der Waals surface area contributed by atoms with Crippen LogP contribution in [0, 0.1) is 0 Å². The molecule has 0 saturated heterocycles. The number of rotatable bonds is 6. The van der Waals surface area contributed by atoms with Crippen LogP contribution in [0.25, 0.3) is 16.7 Å². The van der Waals surface area contributed by atoms with Crippen LogP contribution in [0.3, 0.4) is 0 Å². The molecule has 1 N–H and O–H groups in total. The molecule has 1 amide bonds. The Morgan fingerprint density at radius 2 is 1.93 bits per heavy atom. The van der Waals surface area contributed by atoms with Crippen LogP contribution in [0.5, 0.6) is 0 Å². The second-order valence-corrected chi connectivity index (χ2v) is 6.43. The molecular formula is C21H20N4O3. The second-order valence-electron chi connectivity index (χ2n) is 6.43. The number of nitrogens with zero attached hydrogens (tertiary/aromatic N) is 3. The van der Waals surface area contributed by atoms with Crippen LogP contribution in [0.4, 0.5) is 5.69 Å². The maximum Gasteiger partial charge on any atom is 0.272 e. The number of aromatic nitrogens is 3. The van der Waals surface area contributed by atoms with Gasteiger partial charge in [-0.3, -0.25) is 14.0 Å². The molecule has 0 unspecified atom stereocenters. The lowest BCUT2D eigenvalue weighted by atomic mass is 10.3. The van der Waals surface area contributed by atoms with Crippen LogP contribution >= 0.6 is 0 Å². The molecule has 7 nitrogen and oxygen atoms in total. The highest BCUT2D eigenvalue weighted by molar-refractivity contribution is 6.06. The predicted molar refractivity (Wildman–Crippen MR) is 108 cm³/mol. The van der Waals surface area contributed by atoms with Crippen molar-refractivity contribution in [2.45, 2.75) is 13.0 Å². The Morgan fingerprint density at radius 1 is 1.14 bits per heavy atom. The SMILES string of the molecule is COCCCn1c(C(=O)Nc2ccccc2)cc2c(=O)n3ccccc3nc21. The highest BCUT2D eigenvalue weighted by atomic mass is 16.5. The number of aryl methyl sites for hydroxylation is 1. The van der Waals surface area contributed by atoms with Crippen molar-refractivity contribution in [3.8, 4) is 0 Å². The molecule has 4 aromatic rings. The lowest BCUT2D eigenvalue weighted by molar-refractivity contribution is 0.101. The molecule has 142 valence electrons. The van der Waals surface area contributed by atoms with Crippen LogP contribution in [0.2, 0.25) is 0 Å². The first-order valence-electron chi connectivity index (χ1n) is 9.05. The van der Waals surface area contributed by atoms with Crippen LogP contribution in [0.1, 0.15) is 16.9 Å². The molecule has 0 radical (unpaired) electrons. The molecular weight excluding hydrogens is 356 g/mol. The predicted octanol–water partition coefficient (Wildman–Crippen LogP) is 2.94. The maximum atomic E-state index is 12.9. The summed E-state index contributed by atoms with van der Waals surface area (Å²) in [6, 6.07) is 16.2. The fourth-order valence-corrected chi connectivity index (χ4v) is 3.25. The van der Waals surface area contributed by atoms with E-state index in [2.05, 4.69) is 10.3 Å². The molecule has 3 aromatic heterocycles. The van der Waals surface area contributed by atoms with Crippen molar-refractivity contribution < 1.29 is 9.53 Å². The van der Waals surface area contributed by atoms with E-state index in [0.717, 1.165) is 0 Å². The Kier molecular flexibility index (Phi) is 4.90. The summed E-state index contributed by atoms with van der Waals surface area (Å²) in [5.74, 6) is -0.282. The van der Waals surface area contributed by atoms with Crippen molar-refractivity contribution in [1.82, 2.24) is 14.0 Å². The zero-order valence-electron chi connectivity index (χ0n) is 15.5. The van der Waals surface area contributed by atoms with Crippen LogP contribution in [0.15, 0.2) is 65.6 Å². The minimum Gasteiger partial charge on any atom is -0.385 e. The molecule has 0 atom stereocenters. The number of pyridine rings is 1. The van der Waals surface area contributed by atoms with Crippen molar-refractivity contribution in [3.63, 3.8) is 0 Å². The highest BCUT2D eigenvalue weighted by Gasteiger charge is 2.19. The van der Waals surface area contributed by atoms with Gasteiger partial charge in [0.05, 0.1) is 5.39 Å². The van der Waals surface area contributed by atoms with E-state index in [9.17, 15) is 9.59 Å². The molecule has 0 bridgehead atoms. The van der Waals surface area contributed by atoms with Gasteiger partial charge in [0.1, 0.15) is 17.0 Å². The third-order valence-electron chi connectivity index (χ3n) is 4.57. The van der Waals surface area contributed by atoms with Gasteiger partial charge in [-0.05, 0) is 36.8 Å². The number of benzene rings is 1. The first-order chi connectivity index (χ1) is 13.7. The number of anilines is 1. The van der Waals surface area contributed by atoms with Gasteiger partial charge < -0.3 is 14.6 Å². The number of para-hydroxylation sites is 1. The topological polar surface area (TPSA) is 77.6 Å². The van der Waals surface area contributed by atoms with E-state index in [0.29, 0.717) is 47.6 Å². The summed E-state index contributed by atoms with van der Waals surface area (Å²) in [5, 5.41) is 3.30. The fraction of sp³-hybridized carbons (Fsp3) is 0.190. The maximum absolute atomic E-state index is 12.9. The summed E-state index contributed by atoms with van der Waals surface area (Å²) in [6.07, 6.45) is 2.37. The number of amides is 1. The Labute approximate surface area is 161 Å². The average molecular weight is 376 g/mol. The van der Waals surface area contributed by atoms with Crippen molar-refractivity contribution in [2.24, 2.45) is 0 Å². The minimum absolute atomic E-state index is 0.195. The molecule has 0 aliphatic carbocycles. The van der Waals surface area contributed by atoms with Gasteiger partial charge >= 0.3 is 0 Å². The van der Waals surface area contributed by atoms with Crippen molar-refractivity contribution in [3.05, 3.63) is 76.8 Å². The number of ether oxygens (including phenoxy) is 1. The largest absolute Gasteiger partial charge is 0.385 e. The van der Waals surface area contributed by atoms with Gasteiger partial charge in [-0.2, -0.15) is 0 Å². The zero-order valence-corrected chi connectivity index (χ0v) is 15.5. The summed E-state index contributed by atoms with van der Waals surface area (Å²) in [6.45, 7) is 1.07. The summed E-state index contributed by atoms with van der Waals surface area (Å²) >= 11 is 0. The average Bonchev–Trinajstić information content (AvgIpc) is 3.08. The third-order valence-corrected chi connectivity index (χ3v) is 4.57. The van der Waals surface area contributed by atoms with Gasteiger partial charge in [-0.15, -0.1) is 0 Å². The first-order valence-corrected chi connectivity index (χ1v) is 9.05. The highest BCUT2D eigenvalue weighted by Crippen LogP contribution is 2.19. The van der Waals surface area contributed by atoms with E-state index < -0.39 is 0 Å². The molecule has 3 heterocycles. The van der Waals surface area contributed by atoms with Gasteiger partial charge in [0, 0.05) is 32.1 Å². The van der Waals surface area contributed by atoms with Gasteiger partial charge in [0.2, 0.25) is 0 Å². The van der Waals surface area contributed by atoms with E-state index >= 15 is 0 Å². The summed E-state index contributed by atoms with van der Waals surface area (Å²) in [5.41, 5.74) is 1.94. The smallest absolute Gasteiger partial charge is 0.272 e. The third kappa shape index (κ3) is 3.27. The van der Waals surface area contributed by atoms with Gasteiger partial charge in [0.15, 0.2) is 0 Å². The molecule has 7 heteroatoms. The number of fused-ring (bicyclic) bond motifs is 2. The Hall–Kier alpha value is -3.45. The summed E-state index contributed by atoms with van der Waals surface area (Å²) in [4.78, 5) is 30.5. The van der Waals surface area contributed by atoms with Crippen molar-refractivity contribution in [1.29, 1.82) is 0 Å². The van der Waals surface area contributed by atoms with Crippen LogP contribution in [-0.4, -0.2) is 33.6 Å². The molecule has 1 aromatic carbocycles. The van der Waals surface area contributed by atoms with Gasteiger partial charge in [0.25, 0.3) is 11.5 Å². The summed E-state index contributed by atoms with van der Waals surface area (Å²) in [7, 11) is 1.63. The number of hydrogen-bond donors (Lipinski definition) is 1. The van der Waals surface area contributed by atoms with Crippen LogP contribution in [-0.2, 0) is 11.3 Å². The Balaban J connectivity index is 1.85. The lowest BCUT2D eigenvalue weighted by Gasteiger charge is -2.11. The molecule has 0 aliphatic heterocycles. The van der Waals surface area contributed by atoms with E-state index in [1.165, 1.54) is 4.40 Å². The number of carbonyl (C=O) groups excluding carboxylic acids is 1. The first kappa shape index (κ1) is 17.9. The molecule has 0 saturated carbocycles. The quantitative estimate of drug-likeness (QED) is 0.525. The van der Waals surface area contributed by atoms with E-state index in [4.69, 9.17) is 4.74 Å². The number of carbonyl (C=O) groups is 1. The van der Waals surface area contributed by atoms with E-state index in [1.807, 2.05) is 36.4 Å². The van der Waals surface area contributed by atoms with E-state index in [1.54, 1.807) is 36.1 Å². The minimum atomic E-state index is -0.282. The monoisotopic (exact) mass is 376 g/mol. The molecule has 0 fully saturated rings. The molecule has 4 rings (SSSR count). The number of hydrogen-bond acceptors (Lipinski definition) is 4. The standard InChI is InChI=1S/C21H20N4O3/c1-28-13-7-12-24-17(20(26)22-15-8-3-2-4-9-15)14-16-19(24)23-18-10-5-6-11-25(18)21(16)27/h2-6,8-11,14H,7,12-13H2,1H3,(H,22,26). The number of methoxy groups -OCH3 is 1. The zero-order chi connectivity index (χ0) is 19.5. The van der Waals surface area contributed by atoms with Crippen molar-refractivity contribution >= 4 is 28.3 Å². The molecule has 0 aliphatic rings. The fourth-order valence-electron chi connectivity index (χ4n) is 3.25. The van der Waals surface area contributed by atoms with E-state index in [-0.39, 0.29) is 11.5 Å². The van der Waals surface area contributed by atoms with Gasteiger partial charge in [-0.1, -0.05) is 24.3 Å². The van der Waals surface area contributed by atoms with Crippen molar-refractivity contribution in [2.75, 3.05) is 19.0 Å². The molecule has 28 heavy (non-hydrogen) atoms. The second kappa shape index (κ2) is 7.66.